The highest BCUT2D eigenvalue weighted by Crippen LogP contribution is 2.23. The van der Waals surface area contributed by atoms with Gasteiger partial charge in [0.2, 0.25) is 0 Å². The van der Waals surface area contributed by atoms with Gasteiger partial charge in [0.05, 0.1) is 0 Å². The number of aryl methyl sites for hydroxylation is 1. The zero-order valence-corrected chi connectivity index (χ0v) is 6.85. The van der Waals surface area contributed by atoms with E-state index in [-0.39, 0.29) is 12.1 Å². The van der Waals surface area contributed by atoms with Gasteiger partial charge in [-0.3, -0.25) is 0 Å². The molecule has 2 N–H and O–H groups in total. The van der Waals surface area contributed by atoms with Gasteiger partial charge in [0, 0.05) is 12.1 Å². The Morgan fingerprint density at radius 1 is 1.42 bits per heavy atom. The third kappa shape index (κ3) is 1.80. The van der Waals surface area contributed by atoms with Crippen LogP contribution in [0.1, 0.15) is 23.1 Å². The number of nitrogens with two attached hydrogens (primary N) is 1. The molecule has 3 heteroatoms. The second kappa shape index (κ2) is 3.63. The second-order valence-corrected chi connectivity index (χ2v) is 2.71. The first-order chi connectivity index (χ1) is 5.65. The normalized spacial score (nSPS) is 10.8. The predicted octanol–water partition coefficient (Wildman–Crippen LogP) is 2.39. The zero-order chi connectivity index (χ0) is 9.14. The van der Waals surface area contributed by atoms with Crippen LogP contribution in [0.15, 0.2) is 18.2 Å². The van der Waals surface area contributed by atoms with Gasteiger partial charge in [0.15, 0.2) is 0 Å². The molecule has 0 saturated heterocycles. The molecule has 0 aliphatic rings. The van der Waals surface area contributed by atoms with E-state index in [1.165, 1.54) is 6.07 Å². The van der Waals surface area contributed by atoms with Crippen LogP contribution < -0.4 is 5.73 Å². The molecular weight excluding hydrogens is 160 g/mol. The standard InChI is InChI=1S/C9H11F2N/c1-6-2-3-8(9(10)11)7(4-6)5-12/h2-4,9H,5,12H2,1H3. The van der Waals surface area contributed by atoms with Crippen LogP contribution in [0.5, 0.6) is 0 Å². The smallest absolute Gasteiger partial charge is 0.264 e. The van der Waals surface area contributed by atoms with E-state index >= 15 is 0 Å². The fourth-order valence-corrected chi connectivity index (χ4v) is 1.12. The summed E-state index contributed by atoms with van der Waals surface area (Å²) in [7, 11) is 0. The van der Waals surface area contributed by atoms with Gasteiger partial charge in [-0.1, -0.05) is 23.8 Å². The van der Waals surface area contributed by atoms with Crippen LogP contribution >= 0.6 is 0 Å². The molecule has 0 aromatic heterocycles. The molecule has 0 aliphatic heterocycles. The maximum Gasteiger partial charge on any atom is 0.264 e. The van der Waals surface area contributed by atoms with Gasteiger partial charge >= 0.3 is 0 Å². The lowest BCUT2D eigenvalue weighted by Gasteiger charge is -2.06. The second-order valence-electron chi connectivity index (χ2n) is 2.71. The molecule has 0 unspecified atom stereocenters. The summed E-state index contributed by atoms with van der Waals surface area (Å²) in [5.41, 5.74) is 6.86. The van der Waals surface area contributed by atoms with Crippen LogP contribution in [-0.2, 0) is 6.54 Å². The van der Waals surface area contributed by atoms with Gasteiger partial charge in [-0.25, -0.2) is 8.78 Å². The molecule has 0 saturated carbocycles. The summed E-state index contributed by atoms with van der Waals surface area (Å²) in [6, 6.07) is 4.80. The van der Waals surface area contributed by atoms with Crippen molar-refractivity contribution in [3.05, 3.63) is 34.9 Å². The fraction of sp³-hybridized carbons (Fsp3) is 0.333. The van der Waals surface area contributed by atoms with Crippen molar-refractivity contribution in [2.45, 2.75) is 19.9 Å². The van der Waals surface area contributed by atoms with Crippen LogP contribution in [-0.4, -0.2) is 0 Å². The van der Waals surface area contributed by atoms with Crippen molar-refractivity contribution in [3.8, 4) is 0 Å². The Balaban J connectivity index is 3.11. The minimum atomic E-state index is -2.43. The van der Waals surface area contributed by atoms with Gasteiger partial charge in [0.1, 0.15) is 0 Å². The van der Waals surface area contributed by atoms with Crippen LogP contribution in [0.3, 0.4) is 0 Å². The maximum absolute atomic E-state index is 12.3. The molecule has 0 aliphatic carbocycles. The predicted molar refractivity (Wildman–Crippen MR) is 44.0 cm³/mol. The third-order valence-corrected chi connectivity index (χ3v) is 1.75. The molecule has 1 rings (SSSR count). The topological polar surface area (TPSA) is 26.0 Å². The number of rotatable bonds is 2. The van der Waals surface area contributed by atoms with E-state index in [0.29, 0.717) is 5.56 Å². The Kier molecular flexibility index (Phi) is 2.76. The van der Waals surface area contributed by atoms with Crippen molar-refractivity contribution in [1.82, 2.24) is 0 Å². The van der Waals surface area contributed by atoms with Crippen molar-refractivity contribution in [3.63, 3.8) is 0 Å². The Bertz CT molecular complexity index is 271. The lowest BCUT2D eigenvalue weighted by molar-refractivity contribution is 0.150. The van der Waals surface area contributed by atoms with Crippen molar-refractivity contribution in [2.75, 3.05) is 0 Å². The van der Waals surface area contributed by atoms with E-state index in [4.69, 9.17) is 5.73 Å². The highest BCUT2D eigenvalue weighted by atomic mass is 19.3. The van der Waals surface area contributed by atoms with Crippen LogP contribution in [0.25, 0.3) is 0 Å². The monoisotopic (exact) mass is 171 g/mol. The lowest BCUT2D eigenvalue weighted by atomic mass is 10.1. The van der Waals surface area contributed by atoms with Crippen LogP contribution in [0.4, 0.5) is 8.78 Å². The summed E-state index contributed by atoms with van der Waals surface area (Å²) < 4.78 is 24.6. The average Bonchev–Trinajstić information content (AvgIpc) is 2.03. The molecule has 0 radical (unpaired) electrons. The van der Waals surface area contributed by atoms with Gasteiger partial charge in [0.25, 0.3) is 6.43 Å². The van der Waals surface area contributed by atoms with Crippen LogP contribution in [0, 0.1) is 6.92 Å². The molecule has 12 heavy (non-hydrogen) atoms. The molecular formula is C9H11F2N. The number of halogens is 2. The van der Waals surface area contributed by atoms with E-state index in [1.54, 1.807) is 12.1 Å². The average molecular weight is 171 g/mol. The molecule has 0 amide bonds. The fourth-order valence-electron chi connectivity index (χ4n) is 1.12. The molecule has 0 bridgehead atoms. The first kappa shape index (κ1) is 9.13. The molecule has 1 aromatic rings. The largest absolute Gasteiger partial charge is 0.326 e. The molecule has 1 aromatic carbocycles. The third-order valence-electron chi connectivity index (χ3n) is 1.75. The van der Waals surface area contributed by atoms with Crippen molar-refractivity contribution in [2.24, 2.45) is 5.73 Å². The minimum Gasteiger partial charge on any atom is -0.326 e. The van der Waals surface area contributed by atoms with Gasteiger partial charge < -0.3 is 5.73 Å². The Morgan fingerprint density at radius 3 is 2.58 bits per heavy atom. The zero-order valence-electron chi connectivity index (χ0n) is 6.85. The van der Waals surface area contributed by atoms with Gasteiger partial charge in [-0.2, -0.15) is 0 Å². The first-order valence-corrected chi connectivity index (χ1v) is 3.72. The summed E-state index contributed by atoms with van der Waals surface area (Å²) >= 11 is 0. The molecule has 0 heterocycles. The molecule has 0 spiro atoms. The van der Waals surface area contributed by atoms with Crippen molar-refractivity contribution < 1.29 is 8.78 Å². The first-order valence-electron chi connectivity index (χ1n) is 3.72. The number of benzene rings is 1. The maximum atomic E-state index is 12.3. The SMILES string of the molecule is Cc1ccc(C(F)F)c(CN)c1. The Labute approximate surface area is 70.2 Å². The molecule has 1 nitrogen and oxygen atoms in total. The van der Waals surface area contributed by atoms with E-state index < -0.39 is 6.43 Å². The highest BCUT2D eigenvalue weighted by molar-refractivity contribution is 5.32. The van der Waals surface area contributed by atoms with E-state index in [0.717, 1.165) is 5.56 Å². The quantitative estimate of drug-likeness (QED) is 0.726. The summed E-state index contributed by atoms with van der Waals surface area (Å²) in [5.74, 6) is 0. The molecule has 66 valence electrons. The van der Waals surface area contributed by atoms with Crippen molar-refractivity contribution in [1.29, 1.82) is 0 Å². The number of alkyl halides is 2. The Morgan fingerprint density at radius 2 is 2.08 bits per heavy atom. The highest BCUT2D eigenvalue weighted by Gasteiger charge is 2.10. The van der Waals surface area contributed by atoms with Crippen molar-refractivity contribution >= 4 is 0 Å². The van der Waals surface area contributed by atoms with Gasteiger partial charge in [-0.15, -0.1) is 0 Å². The molecule has 0 atom stereocenters. The lowest BCUT2D eigenvalue weighted by Crippen LogP contribution is -2.02. The summed E-state index contributed by atoms with van der Waals surface area (Å²) in [4.78, 5) is 0. The molecule has 0 fully saturated rings. The van der Waals surface area contributed by atoms with Crippen LogP contribution in [0.2, 0.25) is 0 Å². The van der Waals surface area contributed by atoms with E-state index in [9.17, 15) is 8.78 Å². The summed E-state index contributed by atoms with van der Waals surface area (Å²) in [5, 5.41) is 0. The summed E-state index contributed by atoms with van der Waals surface area (Å²) in [6.07, 6.45) is -2.43. The number of hydrogen-bond acceptors (Lipinski definition) is 1. The minimum absolute atomic E-state index is 0.0445. The van der Waals surface area contributed by atoms with Gasteiger partial charge in [-0.05, 0) is 12.5 Å². The van der Waals surface area contributed by atoms with E-state index in [1.807, 2.05) is 6.92 Å². The summed E-state index contributed by atoms with van der Waals surface area (Å²) in [6.45, 7) is 2.02. The van der Waals surface area contributed by atoms with E-state index in [2.05, 4.69) is 0 Å². The Hall–Kier alpha value is -0.960. The number of hydrogen-bond donors (Lipinski definition) is 1.